The number of fused-ring (bicyclic) bond motifs is 1. The fourth-order valence-electron chi connectivity index (χ4n) is 4.28. The molecule has 5 heteroatoms. The Balaban J connectivity index is 1.35. The third kappa shape index (κ3) is 5.46. The number of anilines is 1. The summed E-state index contributed by atoms with van der Waals surface area (Å²) >= 11 is 0. The highest BCUT2D eigenvalue weighted by molar-refractivity contribution is 6.09. The fourth-order valence-corrected chi connectivity index (χ4v) is 4.28. The van der Waals surface area contributed by atoms with Crippen LogP contribution in [0.15, 0.2) is 109 Å². The molecule has 0 aromatic heterocycles. The van der Waals surface area contributed by atoms with Crippen molar-refractivity contribution in [1.82, 2.24) is 5.32 Å². The van der Waals surface area contributed by atoms with Crippen LogP contribution in [0.3, 0.4) is 0 Å². The summed E-state index contributed by atoms with van der Waals surface area (Å²) in [7, 11) is 0. The van der Waals surface area contributed by atoms with Crippen molar-refractivity contribution in [2.75, 3.05) is 4.90 Å². The lowest BCUT2D eigenvalue weighted by atomic mass is 10.1. The first-order valence-electron chi connectivity index (χ1n) is 12.3. The second-order valence-corrected chi connectivity index (χ2v) is 9.18. The summed E-state index contributed by atoms with van der Waals surface area (Å²) in [6.07, 6.45) is 1.72. The Kier molecular flexibility index (Phi) is 6.86. The number of carbonyl (C=O) groups is 2. The van der Waals surface area contributed by atoms with Gasteiger partial charge in [-0.2, -0.15) is 0 Å². The molecule has 4 aromatic rings. The summed E-state index contributed by atoms with van der Waals surface area (Å²) in [6, 6.07) is 32.6. The summed E-state index contributed by atoms with van der Waals surface area (Å²) < 4.78 is 6.01. The summed E-state index contributed by atoms with van der Waals surface area (Å²) in [5, 5.41) is 3.02. The summed E-state index contributed by atoms with van der Waals surface area (Å²) in [5.41, 5.74) is 5.31. The van der Waals surface area contributed by atoms with Crippen molar-refractivity contribution in [3.63, 3.8) is 0 Å². The zero-order chi connectivity index (χ0) is 25.8. The van der Waals surface area contributed by atoms with Crippen LogP contribution in [0.5, 0.6) is 5.75 Å². The van der Waals surface area contributed by atoms with Crippen molar-refractivity contribution >= 4 is 23.6 Å². The van der Waals surface area contributed by atoms with E-state index in [2.05, 4.69) is 5.32 Å². The number of nitrogens with zero attached hydrogens (tertiary/aromatic N) is 1. The maximum absolute atomic E-state index is 13.5. The van der Waals surface area contributed by atoms with Crippen LogP contribution in [-0.4, -0.2) is 11.8 Å². The number of hydrogen-bond donors (Lipinski definition) is 1. The number of hydrogen-bond acceptors (Lipinski definition) is 3. The SMILES string of the molecule is Cc1ccc(CN2C(=O)/C(=C\c3ccc(C(=O)N[C@H](C)c4ccccc4)cc3)Oc3ccccc32)cc1. The van der Waals surface area contributed by atoms with Gasteiger partial charge in [-0.05, 0) is 60.9 Å². The van der Waals surface area contributed by atoms with Crippen LogP contribution >= 0.6 is 0 Å². The van der Waals surface area contributed by atoms with Crippen LogP contribution in [-0.2, 0) is 11.3 Å². The van der Waals surface area contributed by atoms with Crippen molar-refractivity contribution in [2.45, 2.75) is 26.4 Å². The van der Waals surface area contributed by atoms with Gasteiger partial charge in [0, 0.05) is 5.56 Å². The van der Waals surface area contributed by atoms with Crippen LogP contribution < -0.4 is 15.0 Å². The van der Waals surface area contributed by atoms with E-state index in [1.165, 1.54) is 5.56 Å². The quantitative estimate of drug-likeness (QED) is 0.317. The predicted octanol–water partition coefficient (Wildman–Crippen LogP) is 6.45. The number of nitrogens with one attached hydrogen (secondary N) is 1. The van der Waals surface area contributed by atoms with Gasteiger partial charge in [0.25, 0.3) is 11.8 Å². The minimum Gasteiger partial charge on any atom is -0.449 e. The molecule has 0 spiro atoms. The van der Waals surface area contributed by atoms with Crippen molar-refractivity contribution < 1.29 is 14.3 Å². The topological polar surface area (TPSA) is 58.6 Å². The average Bonchev–Trinajstić information content (AvgIpc) is 2.93. The van der Waals surface area contributed by atoms with Gasteiger partial charge in [-0.25, -0.2) is 0 Å². The fraction of sp³-hybridized carbons (Fsp3) is 0.125. The van der Waals surface area contributed by atoms with E-state index in [4.69, 9.17) is 4.74 Å². The predicted molar refractivity (Wildman–Crippen MR) is 146 cm³/mol. The van der Waals surface area contributed by atoms with Gasteiger partial charge in [0.2, 0.25) is 0 Å². The molecule has 184 valence electrons. The van der Waals surface area contributed by atoms with Gasteiger partial charge < -0.3 is 10.1 Å². The standard InChI is InChI=1S/C32H28N2O3/c1-22-12-14-25(15-13-22)21-34-28-10-6-7-11-29(28)37-30(32(34)36)20-24-16-18-27(19-17-24)31(35)33-23(2)26-8-4-3-5-9-26/h3-20,23H,21H2,1-2H3,(H,33,35)/b30-20+/t23-/m1/s1. The number of amides is 2. The molecule has 0 aliphatic carbocycles. The molecule has 1 aliphatic heterocycles. The molecule has 1 heterocycles. The van der Waals surface area contributed by atoms with Crippen molar-refractivity contribution in [2.24, 2.45) is 0 Å². The van der Waals surface area contributed by atoms with E-state index >= 15 is 0 Å². The molecule has 0 saturated carbocycles. The lowest BCUT2D eigenvalue weighted by Crippen LogP contribution is -2.36. The summed E-state index contributed by atoms with van der Waals surface area (Å²) in [5.74, 6) is 0.503. The van der Waals surface area contributed by atoms with Gasteiger partial charge in [0.05, 0.1) is 18.3 Å². The Morgan fingerprint density at radius 3 is 2.30 bits per heavy atom. The minimum absolute atomic E-state index is 0.108. The van der Waals surface area contributed by atoms with Crippen molar-refractivity contribution in [3.8, 4) is 5.75 Å². The monoisotopic (exact) mass is 488 g/mol. The Bertz CT molecular complexity index is 1440. The molecule has 37 heavy (non-hydrogen) atoms. The third-order valence-corrected chi connectivity index (χ3v) is 6.41. The molecular weight excluding hydrogens is 460 g/mol. The van der Waals surface area contributed by atoms with E-state index in [1.807, 2.05) is 105 Å². The Morgan fingerprint density at radius 1 is 0.892 bits per heavy atom. The van der Waals surface area contributed by atoms with E-state index in [1.54, 1.807) is 23.1 Å². The van der Waals surface area contributed by atoms with Crippen LogP contribution in [0.4, 0.5) is 5.69 Å². The normalized spacial score (nSPS) is 14.6. The number of aryl methyl sites for hydroxylation is 1. The number of rotatable bonds is 6. The van der Waals surface area contributed by atoms with Crippen LogP contribution in [0.2, 0.25) is 0 Å². The first-order chi connectivity index (χ1) is 18.0. The maximum Gasteiger partial charge on any atom is 0.294 e. The van der Waals surface area contributed by atoms with E-state index in [-0.39, 0.29) is 23.6 Å². The second-order valence-electron chi connectivity index (χ2n) is 9.18. The van der Waals surface area contributed by atoms with Crippen LogP contribution in [0, 0.1) is 6.92 Å². The molecule has 1 N–H and O–H groups in total. The lowest BCUT2D eigenvalue weighted by Gasteiger charge is -2.30. The Labute approximate surface area is 217 Å². The highest BCUT2D eigenvalue weighted by Gasteiger charge is 2.30. The zero-order valence-corrected chi connectivity index (χ0v) is 20.8. The van der Waals surface area contributed by atoms with E-state index in [0.29, 0.717) is 17.9 Å². The molecule has 0 unspecified atom stereocenters. The summed E-state index contributed by atoms with van der Waals surface area (Å²) in [4.78, 5) is 27.9. The zero-order valence-electron chi connectivity index (χ0n) is 20.8. The molecule has 4 aromatic carbocycles. The number of carbonyl (C=O) groups excluding carboxylic acids is 2. The third-order valence-electron chi connectivity index (χ3n) is 6.41. The minimum atomic E-state index is -0.210. The van der Waals surface area contributed by atoms with Gasteiger partial charge in [-0.15, -0.1) is 0 Å². The van der Waals surface area contributed by atoms with Crippen molar-refractivity contribution in [3.05, 3.63) is 137 Å². The molecule has 0 radical (unpaired) electrons. The lowest BCUT2D eigenvalue weighted by molar-refractivity contribution is -0.117. The number of benzene rings is 4. The number of para-hydroxylation sites is 2. The molecule has 1 aliphatic rings. The molecule has 5 rings (SSSR count). The largest absolute Gasteiger partial charge is 0.449 e. The van der Waals surface area contributed by atoms with Gasteiger partial charge in [-0.1, -0.05) is 84.4 Å². The van der Waals surface area contributed by atoms with E-state index in [0.717, 1.165) is 22.4 Å². The van der Waals surface area contributed by atoms with Gasteiger partial charge in [0.15, 0.2) is 11.5 Å². The maximum atomic E-state index is 13.5. The molecule has 5 nitrogen and oxygen atoms in total. The second kappa shape index (κ2) is 10.5. The Hall–Kier alpha value is -4.64. The smallest absolute Gasteiger partial charge is 0.294 e. The molecule has 2 amide bonds. The Morgan fingerprint density at radius 2 is 1.57 bits per heavy atom. The van der Waals surface area contributed by atoms with Crippen molar-refractivity contribution in [1.29, 1.82) is 0 Å². The highest BCUT2D eigenvalue weighted by Crippen LogP contribution is 2.36. The van der Waals surface area contributed by atoms with Crippen LogP contribution in [0.1, 0.15) is 45.6 Å². The van der Waals surface area contributed by atoms with E-state index in [9.17, 15) is 9.59 Å². The van der Waals surface area contributed by atoms with Gasteiger partial charge in [-0.3, -0.25) is 14.5 Å². The number of ether oxygens (including phenoxy) is 1. The molecule has 0 bridgehead atoms. The molecular formula is C32H28N2O3. The van der Waals surface area contributed by atoms with Gasteiger partial charge >= 0.3 is 0 Å². The van der Waals surface area contributed by atoms with Gasteiger partial charge in [0.1, 0.15) is 0 Å². The average molecular weight is 489 g/mol. The van der Waals surface area contributed by atoms with E-state index < -0.39 is 0 Å². The molecule has 0 fully saturated rings. The molecule has 1 atom stereocenters. The first-order valence-corrected chi connectivity index (χ1v) is 12.3. The van der Waals surface area contributed by atoms with Crippen LogP contribution in [0.25, 0.3) is 6.08 Å². The highest BCUT2D eigenvalue weighted by atomic mass is 16.5. The molecule has 0 saturated heterocycles. The summed E-state index contributed by atoms with van der Waals surface area (Å²) in [6.45, 7) is 4.44. The first kappa shape index (κ1) is 24.1.